The molecule has 0 spiro atoms. The van der Waals surface area contributed by atoms with Crippen LogP contribution in [0.1, 0.15) is 33.8 Å². The fourth-order valence-electron chi connectivity index (χ4n) is 3.18. The van der Waals surface area contributed by atoms with Crippen molar-refractivity contribution in [2.24, 2.45) is 11.5 Å². The molecule has 0 saturated heterocycles. The highest BCUT2D eigenvalue weighted by molar-refractivity contribution is 9.10. The molecule has 0 aliphatic heterocycles. The number of aromatic nitrogens is 4. The standard InChI is InChI=1S/C10H9BrN6O.C9H12O/c1-3-15-16-10-14-8(11)7-5(17(3)10)2-4(12)6(7)9(13)18;1-6-4-5-9(10)8(3)7(6)2/h2,12H2,1H3,(H2,13,18);4-5,10H,1-3H3. The van der Waals surface area contributed by atoms with Gasteiger partial charge in [0.15, 0.2) is 0 Å². The van der Waals surface area contributed by atoms with Gasteiger partial charge in [0.2, 0.25) is 0 Å². The summed E-state index contributed by atoms with van der Waals surface area (Å²) < 4.78 is 2.29. The SMILES string of the molecule is Cc1ccc(O)c(C)c1C.Cc1nnc2nc(Br)c3c(n12)CC(N)=C3C(N)=O. The molecule has 1 aliphatic carbocycles. The molecule has 8 nitrogen and oxygen atoms in total. The average molecular weight is 445 g/mol. The molecule has 146 valence electrons. The molecule has 2 heterocycles. The lowest BCUT2D eigenvalue weighted by molar-refractivity contribution is -0.112. The van der Waals surface area contributed by atoms with Gasteiger partial charge in [0.05, 0.1) is 5.57 Å². The highest BCUT2D eigenvalue weighted by Crippen LogP contribution is 2.35. The minimum absolute atomic E-state index is 0.319. The Hall–Kier alpha value is -2.94. The van der Waals surface area contributed by atoms with E-state index in [4.69, 9.17) is 11.5 Å². The first-order valence-corrected chi connectivity index (χ1v) is 9.37. The van der Waals surface area contributed by atoms with Crippen molar-refractivity contribution in [3.63, 3.8) is 0 Å². The van der Waals surface area contributed by atoms with Crippen LogP contribution in [0.15, 0.2) is 22.4 Å². The number of benzene rings is 1. The second-order valence-corrected chi connectivity index (χ2v) is 7.45. The quantitative estimate of drug-likeness (QED) is 0.492. The fourth-order valence-corrected chi connectivity index (χ4v) is 3.77. The number of hydrogen-bond acceptors (Lipinski definition) is 6. The molecule has 5 N–H and O–H groups in total. The number of nitrogens with two attached hydrogens (primary N) is 2. The zero-order valence-electron chi connectivity index (χ0n) is 16.0. The minimum atomic E-state index is -0.557. The smallest absolute Gasteiger partial charge is 0.256 e. The molecule has 0 unspecified atom stereocenters. The van der Waals surface area contributed by atoms with Crippen LogP contribution < -0.4 is 11.5 Å². The molecular formula is C19H21BrN6O2. The highest BCUT2D eigenvalue weighted by Gasteiger charge is 2.30. The third kappa shape index (κ3) is 3.22. The zero-order valence-corrected chi connectivity index (χ0v) is 17.6. The Balaban J connectivity index is 0.000000192. The van der Waals surface area contributed by atoms with Crippen LogP contribution in [0.5, 0.6) is 5.75 Å². The average Bonchev–Trinajstić information content (AvgIpc) is 3.17. The Morgan fingerprint density at radius 2 is 1.86 bits per heavy atom. The van der Waals surface area contributed by atoms with Gasteiger partial charge in [-0.1, -0.05) is 6.07 Å². The number of aryl methyl sites for hydroxylation is 2. The second-order valence-electron chi connectivity index (χ2n) is 6.70. The summed E-state index contributed by atoms with van der Waals surface area (Å²) in [6.45, 7) is 7.80. The van der Waals surface area contributed by atoms with E-state index in [2.05, 4.69) is 31.1 Å². The number of halogens is 1. The molecule has 4 rings (SSSR count). The van der Waals surface area contributed by atoms with Crippen LogP contribution in [0.2, 0.25) is 0 Å². The molecule has 0 fully saturated rings. The number of amides is 1. The number of phenols is 1. The number of carbonyl (C=O) groups excluding carboxylic acids is 1. The van der Waals surface area contributed by atoms with E-state index in [9.17, 15) is 9.90 Å². The van der Waals surface area contributed by atoms with Crippen molar-refractivity contribution in [1.29, 1.82) is 0 Å². The van der Waals surface area contributed by atoms with Gasteiger partial charge in [-0.3, -0.25) is 9.20 Å². The third-order valence-electron chi connectivity index (χ3n) is 4.98. The fraction of sp³-hybridized carbons (Fsp3) is 0.263. The minimum Gasteiger partial charge on any atom is -0.508 e. The molecule has 0 atom stereocenters. The Bertz CT molecular complexity index is 1120. The summed E-state index contributed by atoms with van der Waals surface area (Å²) in [6.07, 6.45) is 0.435. The molecule has 1 amide bonds. The van der Waals surface area contributed by atoms with E-state index in [1.807, 2.05) is 33.8 Å². The van der Waals surface area contributed by atoms with Gasteiger partial charge >= 0.3 is 0 Å². The summed E-state index contributed by atoms with van der Waals surface area (Å²) in [7, 11) is 0. The Labute approximate surface area is 170 Å². The largest absolute Gasteiger partial charge is 0.508 e. The Morgan fingerprint density at radius 3 is 2.46 bits per heavy atom. The monoisotopic (exact) mass is 444 g/mol. The number of fused-ring (bicyclic) bond motifs is 3. The number of carbonyl (C=O) groups is 1. The van der Waals surface area contributed by atoms with Gasteiger partial charge < -0.3 is 16.6 Å². The van der Waals surface area contributed by atoms with Gasteiger partial charge in [-0.15, -0.1) is 10.2 Å². The second kappa shape index (κ2) is 7.23. The van der Waals surface area contributed by atoms with Gasteiger partial charge in [-0.25, -0.2) is 4.98 Å². The van der Waals surface area contributed by atoms with Crippen LogP contribution >= 0.6 is 15.9 Å². The molecule has 3 aromatic rings. The van der Waals surface area contributed by atoms with Gasteiger partial charge in [0, 0.05) is 23.4 Å². The molecule has 9 heteroatoms. The number of nitrogens with zero attached hydrogens (tertiary/aromatic N) is 4. The number of phenolic OH excluding ortho intramolecular Hbond substituents is 1. The zero-order chi connectivity index (χ0) is 20.7. The first kappa shape index (κ1) is 19.8. The lowest BCUT2D eigenvalue weighted by Crippen LogP contribution is -2.16. The normalized spacial score (nSPS) is 12.8. The van der Waals surface area contributed by atoms with Crippen molar-refractivity contribution in [1.82, 2.24) is 19.6 Å². The number of allylic oxidation sites excluding steroid dienone is 1. The van der Waals surface area contributed by atoms with Crippen molar-refractivity contribution >= 4 is 33.2 Å². The predicted molar refractivity (Wildman–Crippen MR) is 110 cm³/mol. The van der Waals surface area contributed by atoms with E-state index in [-0.39, 0.29) is 0 Å². The van der Waals surface area contributed by atoms with Crippen molar-refractivity contribution < 1.29 is 9.90 Å². The highest BCUT2D eigenvalue weighted by atomic mass is 79.9. The lowest BCUT2D eigenvalue weighted by atomic mass is 10.0. The topological polar surface area (TPSA) is 132 Å². The number of rotatable bonds is 1. The van der Waals surface area contributed by atoms with Gasteiger partial charge in [0.25, 0.3) is 11.7 Å². The van der Waals surface area contributed by atoms with Crippen molar-refractivity contribution in [2.75, 3.05) is 0 Å². The first-order valence-electron chi connectivity index (χ1n) is 8.58. The molecule has 0 saturated carbocycles. The number of primary amides is 1. The lowest BCUT2D eigenvalue weighted by Gasteiger charge is -2.07. The van der Waals surface area contributed by atoms with Crippen LogP contribution in [0.3, 0.4) is 0 Å². The van der Waals surface area contributed by atoms with Crippen molar-refractivity contribution in [3.05, 3.63) is 56.2 Å². The van der Waals surface area contributed by atoms with E-state index < -0.39 is 5.91 Å². The summed E-state index contributed by atoms with van der Waals surface area (Å²) in [6, 6.07) is 3.66. The summed E-state index contributed by atoms with van der Waals surface area (Å²) in [5, 5.41) is 17.1. The molecule has 28 heavy (non-hydrogen) atoms. The van der Waals surface area contributed by atoms with E-state index in [0.717, 1.165) is 11.3 Å². The van der Waals surface area contributed by atoms with Gasteiger partial charge in [-0.05, 0) is 66.4 Å². The van der Waals surface area contributed by atoms with Gasteiger partial charge in [-0.2, -0.15) is 0 Å². The van der Waals surface area contributed by atoms with Crippen LogP contribution in [0, 0.1) is 27.7 Å². The summed E-state index contributed by atoms with van der Waals surface area (Å²) in [5.41, 5.74) is 16.9. The van der Waals surface area contributed by atoms with Crippen LogP contribution in [-0.2, 0) is 11.2 Å². The van der Waals surface area contributed by atoms with Crippen LogP contribution in [-0.4, -0.2) is 30.6 Å². The molecule has 1 aromatic carbocycles. The van der Waals surface area contributed by atoms with E-state index in [0.29, 0.717) is 45.2 Å². The maximum Gasteiger partial charge on any atom is 0.256 e. The maximum atomic E-state index is 11.5. The Morgan fingerprint density at radius 1 is 1.18 bits per heavy atom. The molecule has 0 radical (unpaired) electrons. The molecule has 1 aliphatic rings. The molecule has 2 aromatic heterocycles. The first-order chi connectivity index (χ1) is 13.1. The number of hydrogen-bond donors (Lipinski definition) is 3. The predicted octanol–water partition coefficient (Wildman–Crippen LogP) is 2.22. The van der Waals surface area contributed by atoms with E-state index >= 15 is 0 Å². The summed E-state index contributed by atoms with van der Waals surface area (Å²) in [4.78, 5) is 15.7. The molecule has 0 bridgehead atoms. The van der Waals surface area contributed by atoms with E-state index in [1.54, 1.807) is 10.5 Å². The summed E-state index contributed by atoms with van der Waals surface area (Å²) >= 11 is 3.32. The maximum absolute atomic E-state index is 11.5. The summed E-state index contributed by atoms with van der Waals surface area (Å²) in [5.74, 6) is 0.998. The van der Waals surface area contributed by atoms with E-state index in [1.165, 1.54) is 11.1 Å². The molecular weight excluding hydrogens is 424 g/mol. The van der Waals surface area contributed by atoms with Gasteiger partial charge in [0.1, 0.15) is 16.2 Å². The van der Waals surface area contributed by atoms with Crippen molar-refractivity contribution in [3.8, 4) is 5.75 Å². The number of aromatic hydroxyl groups is 1. The third-order valence-corrected chi connectivity index (χ3v) is 5.55. The van der Waals surface area contributed by atoms with Crippen LogP contribution in [0.25, 0.3) is 11.4 Å². The van der Waals surface area contributed by atoms with Crippen molar-refractivity contribution in [2.45, 2.75) is 34.1 Å². The Kier molecular flexibility index (Phi) is 5.12. The van der Waals surface area contributed by atoms with Crippen LogP contribution in [0.4, 0.5) is 0 Å².